The van der Waals surface area contributed by atoms with Gasteiger partial charge in [-0.2, -0.15) is 23.5 Å². The normalized spacial score (nSPS) is 12.6. The molecule has 1 N–H and O–H groups in total. The molecule has 0 bridgehead atoms. The Balaban J connectivity index is 2.54. The Bertz CT molecular complexity index is 1010. The average Bonchev–Trinajstić information content (AvgIpc) is 2.93. The highest BCUT2D eigenvalue weighted by Crippen LogP contribution is 2.42. The highest BCUT2D eigenvalue weighted by atomic mass is 35.5. The SMILES string of the molecule is C[C@H](Oc1cc(Oc2c(C=CC#N)c(C(F)(F)F)nn2C)c(Cl)cc1Cl)C(=O)O. The lowest BCUT2D eigenvalue weighted by molar-refractivity contribution is -0.144. The van der Waals surface area contributed by atoms with E-state index in [0.717, 1.165) is 22.9 Å². The molecule has 1 aromatic heterocycles. The molecule has 0 radical (unpaired) electrons. The van der Waals surface area contributed by atoms with Gasteiger partial charge in [-0.05, 0) is 19.1 Å². The lowest BCUT2D eigenvalue weighted by Crippen LogP contribution is -2.23. The van der Waals surface area contributed by atoms with Crippen molar-refractivity contribution in [2.75, 3.05) is 0 Å². The van der Waals surface area contributed by atoms with Gasteiger partial charge in [0.15, 0.2) is 17.5 Å². The van der Waals surface area contributed by atoms with E-state index >= 15 is 0 Å². The molecule has 12 heteroatoms. The first-order chi connectivity index (χ1) is 13.5. The van der Waals surface area contributed by atoms with Crippen LogP contribution < -0.4 is 9.47 Å². The van der Waals surface area contributed by atoms with Crippen molar-refractivity contribution in [2.45, 2.75) is 19.2 Å². The van der Waals surface area contributed by atoms with Gasteiger partial charge in [-0.25, -0.2) is 9.48 Å². The minimum atomic E-state index is -4.80. The number of hydrogen-bond acceptors (Lipinski definition) is 5. The van der Waals surface area contributed by atoms with E-state index in [1.165, 1.54) is 20.0 Å². The van der Waals surface area contributed by atoms with Crippen molar-refractivity contribution < 1.29 is 32.5 Å². The number of alkyl halides is 3. The molecule has 0 aliphatic heterocycles. The molecule has 0 saturated carbocycles. The molecule has 0 fully saturated rings. The predicted molar refractivity (Wildman–Crippen MR) is 97.1 cm³/mol. The van der Waals surface area contributed by atoms with Crippen molar-refractivity contribution in [3.63, 3.8) is 0 Å². The van der Waals surface area contributed by atoms with E-state index in [1.807, 2.05) is 0 Å². The molecule has 2 aromatic rings. The van der Waals surface area contributed by atoms with Crippen LogP contribution in [0.1, 0.15) is 18.2 Å². The van der Waals surface area contributed by atoms with Crippen molar-refractivity contribution in [3.8, 4) is 23.4 Å². The van der Waals surface area contributed by atoms with E-state index in [1.54, 1.807) is 6.07 Å². The quantitative estimate of drug-likeness (QED) is 0.628. The summed E-state index contributed by atoms with van der Waals surface area (Å²) in [6, 6.07) is 3.93. The number of allylic oxidation sites excluding steroid dienone is 1. The number of nitriles is 1. The van der Waals surface area contributed by atoms with Gasteiger partial charge >= 0.3 is 12.1 Å². The smallest absolute Gasteiger partial charge is 0.435 e. The summed E-state index contributed by atoms with van der Waals surface area (Å²) in [5.74, 6) is -1.88. The van der Waals surface area contributed by atoms with Crippen LogP contribution in [0, 0.1) is 11.3 Å². The van der Waals surface area contributed by atoms with Crippen molar-refractivity contribution in [3.05, 3.63) is 39.5 Å². The van der Waals surface area contributed by atoms with Crippen molar-refractivity contribution in [2.24, 2.45) is 7.05 Å². The summed E-state index contributed by atoms with van der Waals surface area (Å²) >= 11 is 12.0. The fourth-order valence-electron chi connectivity index (χ4n) is 2.15. The van der Waals surface area contributed by atoms with Crippen LogP contribution in [-0.2, 0) is 18.0 Å². The maximum absolute atomic E-state index is 13.3. The summed E-state index contributed by atoms with van der Waals surface area (Å²) in [5.41, 5.74) is -1.75. The number of carboxylic acids is 1. The van der Waals surface area contributed by atoms with E-state index in [2.05, 4.69) is 5.10 Å². The molecule has 154 valence electrons. The summed E-state index contributed by atoms with van der Waals surface area (Å²) in [4.78, 5) is 11.0. The van der Waals surface area contributed by atoms with Crippen LogP contribution in [-0.4, -0.2) is 27.0 Å². The zero-order valence-electron chi connectivity index (χ0n) is 14.8. The van der Waals surface area contributed by atoms with Crippen molar-refractivity contribution in [1.29, 1.82) is 5.26 Å². The van der Waals surface area contributed by atoms with Gasteiger partial charge in [0.05, 0.1) is 21.7 Å². The second kappa shape index (κ2) is 8.63. The van der Waals surface area contributed by atoms with Crippen LogP contribution in [0.2, 0.25) is 10.0 Å². The van der Waals surface area contributed by atoms with Crippen LogP contribution in [0.25, 0.3) is 6.08 Å². The third-order valence-corrected chi connectivity index (χ3v) is 4.06. The Morgan fingerprint density at radius 1 is 1.34 bits per heavy atom. The zero-order valence-corrected chi connectivity index (χ0v) is 16.3. The summed E-state index contributed by atoms with van der Waals surface area (Å²) in [6.45, 7) is 1.26. The Kier molecular flexibility index (Phi) is 6.66. The van der Waals surface area contributed by atoms with E-state index in [9.17, 15) is 18.0 Å². The average molecular weight is 450 g/mol. The number of ether oxygens (including phenoxy) is 2. The topological polar surface area (TPSA) is 97.4 Å². The molecule has 0 amide bonds. The van der Waals surface area contributed by atoms with E-state index in [0.29, 0.717) is 0 Å². The summed E-state index contributed by atoms with van der Waals surface area (Å²) in [5, 5.41) is 20.9. The molecule has 1 aromatic carbocycles. The Morgan fingerprint density at radius 3 is 2.52 bits per heavy atom. The molecular weight excluding hydrogens is 438 g/mol. The number of carbonyl (C=O) groups is 1. The van der Waals surface area contributed by atoms with Crippen molar-refractivity contribution in [1.82, 2.24) is 9.78 Å². The highest BCUT2D eigenvalue weighted by molar-refractivity contribution is 6.36. The Morgan fingerprint density at radius 2 is 1.97 bits per heavy atom. The maximum atomic E-state index is 13.3. The van der Waals surface area contributed by atoms with Gasteiger partial charge in [-0.3, -0.25) is 0 Å². The Hall–Kier alpha value is -2.90. The van der Waals surface area contributed by atoms with Gasteiger partial charge in [0, 0.05) is 19.2 Å². The summed E-state index contributed by atoms with van der Waals surface area (Å²) in [6.07, 6.45) is -4.32. The van der Waals surface area contributed by atoms with Crippen LogP contribution >= 0.6 is 23.2 Å². The molecule has 0 aliphatic rings. The number of rotatable bonds is 6. The number of benzene rings is 1. The number of hydrogen-bond donors (Lipinski definition) is 1. The zero-order chi connectivity index (χ0) is 21.9. The second-order valence-corrected chi connectivity index (χ2v) is 6.38. The lowest BCUT2D eigenvalue weighted by Gasteiger charge is -2.15. The summed E-state index contributed by atoms with van der Waals surface area (Å²) in [7, 11) is 1.21. The molecule has 0 aliphatic carbocycles. The number of nitrogens with zero attached hydrogens (tertiary/aromatic N) is 3. The van der Waals surface area contributed by atoms with E-state index in [4.69, 9.17) is 43.0 Å². The standard InChI is InChI=1S/C17H12Cl2F3N3O4/c1-8(16(26)27)28-12-7-13(11(19)6-10(12)18)29-15-9(4-3-5-23)14(17(20,21)22)24-25(15)2/h3-4,6-8H,1-2H3,(H,26,27)/t8-/m0/s1. The minimum absolute atomic E-state index is 0.0268. The lowest BCUT2D eigenvalue weighted by atomic mass is 10.2. The minimum Gasteiger partial charge on any atom is -0.479 e. The number of aliphatic carboxylic acids is 1. The first-order valence-electron chi connectivity index (χ1n) is 7.72. The first kappa shape index (κ1) is 22.4. The van der Waals surface area contributed by atoms with Gasteiger partial charge in [0.25, 0.3) is 0 Å². The van der Waals surface area contributed by atoms with Crippen LogP contribution in [0.3, 0.4) is 0 Å². The van der Waals surface area contributed by atoms with Gasteiger partial charge < -0.3 is 14.6 Å². The van der Waals surface area contributed by atoms with Crippen LogP contribution in [0.4, 0.5) is 13.2 Å². The first-order valence-corrected chi connectivity index (χ1v) is 8.48. The summed E-state index contributed by atoms with van der Waals surface area (Å²) < 4.78 is 51.3. The molecule has 0 unspecified atom stereocenters. The molecule has 2 rings (SSSR count). The number of aromatic nitrogens is 2. The van der Waals surface area contributed by atoms with E-state index < -0.39 is 29.5 Å². The largest absolute Gasteiger partial charge is 0.479 e. The molecule has 29 heavy (non-hydrogen) atoms. The van der Waals surface area contributed by atoms with Gasteiger partial charge in [-0.1, -0.05) is 23.2 Å². The molecule has 7 nitrogen and oxygen atoms in total. The van der Waals surface area contributed by atoms with Gasteiger partial charge in [0.1, 0.15) is 5.75 Å². The molecule has 1 atom stereocenters. The molecule has 0 spiro atoms. The highest BCUT2D eigenvalue weighted by Gasteiger charge is 2.39. The van der Waals surface area contributed by atoms with Gasteiger partial charge in [0.2, 0.25) is 5.88 Å². The number of aryl methyl sites for hydroxylation is 1. The third-order valence-electron chi connectivity index (χ3n) is 3.47. The fourth-order valence-corrected chi connectivity index (χ4v) is 2.62. The van der Waals surface area contributed by atoms with Crippen LogP contribution in [0.15, 0.2) is 18.2 Å². The molecular formula is C17H12Cl2F3N3O4. The Labute approximate surface area is 172 Å². The fraction of sp³-hybridized carbons (Fsp3) is 0.235. The number of halogens is 5. The van der Waals surface area contributed by atoms with Crippen LogP contribution in [0.5, 0.6) is 17.4 Å². The second-order valence-electron chi connectivity index (χ2n) is 5.56. The third kappa shape index (κ3) is 5.13. The number of carboxylic acid groups (broad SMARTS) is 1. The predicted octanol–water partition coefficient (Wildman–Crippen LogP) is 4.93. The maximum Gasteiger partial charge on any atom is 0.435 e. The van der Waals surface area contributed by atoms with Crippen molar-refractivity contribution >= 4 is 35.2 Å². The molecule has 1 heterocycles. The monoisotopic (exact) mass is 449 g/mol. The van der Waals surface area contributed by atoms with Gasteiger partial charge in [-0.15, -0.1) is 0 Å². The molecule has 0 saturated heterocycles. The van der Waals surface area contributed by atoms with E-state index in [-0.39, 0.29) is 27.4 Å².